The summed E-state index contributed by atoms with van der Waals surface area (Å²) < 4.78 is 111. The zero-order chi connectivity index (χ0) is 61.8. The second-order valence-electron chi connectivity index (χ2n) is 23.4. The van der Waals surface area contributed by atoms with Crippen LogP contribution in [-0.4, -0.2) is 166 Å². The van der Waals surface area contributed by atoms with Gasteiger partial charge in [-0.15, -0.1) is 23.5 Å². The minimum atomic E-state index is -4.95. The minimum absolute atomic E-state index is 0.0128. The summed E-state index contributed by atoms with van der Waals surface area (Å²) in [5.41, 5.74) is -1.68. The summed E-state index contributed by atoms with van der Waals surface area (Å²) in [6.45, 7) is 11.9. The molecule has 0 saturated carbocycles. The molecule has 4 aromatic carbocycles. The molecule has 85 heavy (non-hydrogen) atoms. The molecule has 4 saturated heterocycles. The Balaban J connectivity index is 1.02. The summed E-state index contributed by atoms with van der Waals surface area (Å²) in [6.07, 6.45) is -0.343. The summed E-state index contributed by atoms with van der Waals surface area (Å²) in [6, 6.07) is 14.3. The van der Waals surface area contributed by atoms with Crippen molar-refractivity contribution in [3.8, 4) is 11.5 Å². The highest BCUT2D eigenvalue weighted by atomic mass is 32.2. The average molecular weight is 1260 g/mol. The van der Waals surface area contributed by atoms with Crippen LogP contribution in [0, 0.1) is 11.6 Å². The molecule has 460 valence electrons. The Bertz CT molecular complexity index is 3340. The highest BCUT2D eigenvalue weighted by Crippen LogP contribution is 2.35. The molecular weight excluding hydrogens is 1190 g/mol. The van der Waals surface area contributed by atoms with Gasteiger partial charge in [-0.1, -0.05) is 24.3 Å². The van der Waals surface area contributed by atoms with Crippen LogP contribution >= 0.6 is 23.5 Å². The summed E-state index contributed by atoms with van der Waals surface area (Å²) in [7, 11) is -9.80. The lowest BCUT2D eigenvalue weighted by atomic mass is 10.0. The number of rotatable bonds is 19. The second kappa shape index (κ2) is 26.3. The molecule has 2 unspecified atom stereocenters. The number of thioether (sulfide) groups is 2. The van der Waals surface area contributed by atoms with E-state index in [2.05, 4.69) is 10.6 Å². The van der Waals surface area contributed by atoms with Crippen molar-refractivity contribution in [1.82, 2.24) is 29.0 Å². The van der Waals surface area contributed by atoms with Crippen molar-refractivity contribution >= 4 is 79.5 Å². The molecule has 4 aliphatic rings. The lowest BCUT2D eigenvalue weighted by Crippen LogP contribution is -2.56. The third-order valence-corrected chi connectivity index (χ3v) is 21.1. The fourth-order valence-corrected chi connectivity index (χ4v) is 16.0. The van der Waals surface area contributed by atoms with Gasteiger partial charge in [-0.25, -0.2) is 53.4 Å². The van der Waals surface area contributed by atoms with Gasteiger partial charge in [0.05, 0.1) is 28.5 Å². The van der Waals surface area contributed by atoms with Gasteiger partial charge < -0.3 is 33.9 Å². The van der Waals surface area contributed by atoms with Crippen LogP contribution in [0.15, 0.2) is 107 Å². The Kier molecular flexibility index (Phi) is 20.0. The van der Waals surface area contributed by atoms with E-state index < -0.39 is 148 Å². The van der Waals surface area contributed by atoms with E-state index in [0.717, 1.165) is 72.1 Å². The molecule has 3 N–H and O–H groups in total. The van der Waals surface area contributed by atoms with Gasteiger partial charge in [-0.2, -0.15) is 0 Å². The molecule has 0 aromatic heterocycles. The van der Waals surface area contributed by atoms with Crippen LogP contribution in [0.5, 0.6) is 11.5 Å². The van der Waals surface area contributed by atoms with Crippen LogP contribution in [0.3, 0.4) is 0 Å². The number of halogens is 2. The number of esters is 2. The van der Waals surface area contributed by atoms with E-state index in [1.54, 1.807) is 20.8 Å². The molecule has 0 bridgehead atoms. The van der Waals surface area contributed by atoms with Crippen molar-refractivity contribution in [2.24, 2.45) is 0 Å². The molecule has 27 heteroatoms. The van der Waals surface area contributed by atoms with Crippen LogP contribution in [0.1, 0.15) is 85.3 Å². The Morgan fingerprint density at radius 3 is 1.39 bits per heavy atom. The normalized spacial score (nSPS) is 21.0. The number of sulfonamides is 2. The smallest absolute Gasteiger partial charge is 0.415 e. The van der Waals surface area contributed by atoms with Gasteiger partial charge in [-0.3, -0.25) is 20.2 Å². The largest absolute Gasteiger partial charge is 0.462 e. The molecule has 4 aromatic rings. The number of ether oxygens (including phenoxy) is 4. The maximum atomic E-state index is 14.8. The monoisotopic (exact) mass is 1260 g/mol. The molecule has 0 radical (unpaired) electrons. The molecule has 0 aliphatic carbocycles. The second-order valence-corrected chi connectivity index (χ2v) is 29.2. The van der Waals surface area contributed by atoms with Gasteiger partial charge in [0.25, 0.3) is 31.9 Å². The highest BCUT2D eigenvalue weighted by Gasteiger charge is 2.49. The SMILES string of the molecule is CC1(C)CS[C@@H](C(=O)N([C@@H](Cc2ccc(OC(=O)N3CCCC3CO)cc2)C(=O)OCC2CCCN2C(=O)Oc2ccc(C[C@@H](C(=O)OC(C)(C)C)N(C(=O)[C@H]3NC(C)(C)CS3)S(=O)(=O)c3ccc(F)cc3)cc2)S(=O)(=O)c2ccc(F)cc2)N1. The molecule has 0 spiro atoms. The maximum absolute atomic E-state index is 14.8. The quantitative estimate of drug-likeness (QED) is 0.0834. The third-order valence-electron chi connectivity index (χ3n) is 14.4. The molecule has 6 atom stereocenters. The molecule has 21 nitrogen and oxygen atoms in total. The van der Waals surface area contributed by atoms with Crippen molar-refractivity contribution in [3.63, 3.8) is 0 Å². The third kappa shape index (κ3) is 15.8. The highest BCUT2D eigenvalue weighted by molar-refractivity contribution is 8.01. The molecular formula is C58H70F2N6O15S4. The van der Waals surface area contributed by atoms with Crippen molar-refractivity contribution < 1.29 is 78.4 Å². The first kappa shape index (κ1) is 64.6. The first-order chi connectivity index (χ1) is 39.9. The van der Waals surface area contributed by atoms with Crippen LogP contribution in [-0.2, 0) is 61.5 Å². The number of benzene rings is 4. The minimum Gasteiger partial charge on any atom is -0.462 e. The zero-order valence-corrected chi connectivity index (χ0v) is 51.3. The van der Waals surface area contributed by atoms with E-state index in [4.69, 9.17) is 18.9 Å². The van der Waals surface area contributed by atoms with Gasteiger partial charge in [0.15, 0.2) is 0 Å². The van der Waals surface area contributed by atoms with E-state index in [9.17, 15) is 59.5 Å². The number of hydrogen-bond acceptors (Lipinski definition) is 19. The summed E-state index contributed by atoms with van der Waals surface area (Å²) >= 11 is 2.29. The number of hydrogen-bond donors (Lipinski definition) is 3. The number of aliphatic hydroxyl groups is 1. The molecule has 4 heterocycles. The number of likely N-dealkylation sites (tertiary alicyclic amines) is 2. The number of carbonyl (C=O) groups excluding carboxylic acids is 6. The molecule has 4 aliphatic heterocycles. The Morgan fingerprint density at radius 2 is 1.01 bits per heavy atom. The van der Waals surface area contributed by atoms with Gasteiger partial charge in [0.2, 0.25) is 0 Å². The number of nitrogens with zero attached hydrogens (tertiary/aromatic N) is 4. The van der Waals surface area contributed by atoms with Crippen LogP contribution in [0.2, 0.25) is 0 Å². The average Bonchev–Trinajstić information content (AvgIpc) is 1.73. The fourth-order valence-electron chi connectivity index (χ4n) is 10.1. The lowest BCUT2D eigenvalue weighted by molar-refractivity contribution is -0.161. The van der Waals surface area contributed by atoms with Crippen molar-refractivity contribution in [2.75, 3.05) is 37.8 Å². The Morgan fingerprint density at radius 1 is 0.624 bits per heavy atom. The first-order valence-corrected chi connectivity index (χ1v) is 32.5. The van der Waals surface area contributed by atoms with E-state index in [1.807, 2.05) is 27.7 Å². The Hall–Kier alpha value is -6.36. The molecule has 8 rings (SSSR count). The Labute approximate surface area is 501 Å². The standard InChI is InChI=1S/C58H70F2N6O15S4/c1-56(2,3)81-53(71)47(66(51(69)49-62-58(6,7)35-83-49)85(76,77)45-26-18-39(60)19-27-45)31-37-14-22-43(23-15-37)80-55(73)64-29-9-11-41(64)33-78-52(70)46(30-36-12-20-42(21-13-36)79-54(72)63-28-8-10-40(63)32-67)65(50(68)48-61-57(4,5)34-82-48)84(74,75)44-24-16-38(59)17-25-44/h12-27,40-41,46-49,61-62,67H,8-11,28-35H2,1-7H3/t40?,41?,46-,47-,48-,49-/m0/s1. The van der Waals surface area contributed by atoms with E-state index >= 15 is 0 Å². The van der Waals surface area contributed by atoms with Crippen LogP contribution in [0.25, 0.3) is 0 Å². The zero-order valence-electron chi connectivity index (χ0n) is 48.0. The fraction of sp³-hybridized carbons (Fsp3) is 0.483. The number of aliphatic hydroxyl groups excluding tert-OH is 1. The van der Waals surface area contributed by atoms with E-state index in [0.29, 0.717) is 63.5 Å². The van der Waals surface area contributed by atoms with Gasteiger partial charge in [0.1, 0.15) is 58.2 Å². The summed E-state index contributed by atoms with van der Waals surface area (Å²) in [4.78, 5) is 86.9. The molecule has 4 fully saturated rings. The van der Waals surface area contributed by atoms with Gasteiger partial charge >= 0.3 is 24.1 Å². The molecule has 4 amide bonds. The van der Waals surface area contributed by atoms with E-state index in [1.165, 1.54) is 58.3 Å². The van der Waals surface area contributed by atoms with Crippen LogP contribution in [0.4, 0.5) is 18.4 Å². The predicted octanol–water partition coefficient (Wildman–Crippen LogP) is 6.61. The number of amides is 4. The maximum Gasteiger partial charge on any atom is 0.415 e. The lowest BCUT2D eigenvalue weighted by Gasteiger charge is -2.33. The number of nitrogens with one attached hydrogen (secondary N) is 2. The number of carbonyl (C=O) groups is 6. The summed E-state index contributed by atoms with van der Waals surface area (Å²) in [5.74, 6) is -4.66. The first-order valence-electron chi connectivity index (χ1n) is 27.6. The van der Waals surface area contributed by atoms with E-state index in [-0.39, 0.29) is 24.7 Å². The van der Waals surface area contributed by atoms with Gasteiger partial charge in [0, 0.05) is 48.5 Å². The van der Waals surface area contributed by atoms with Crippen molar-refractivity contribution in [2.45, 2.75) is 148 Å². The van der Waals surface area contributed by atoms with Crippen LogP contribution < -0.4 is 20.1 Å². The summed E-state index contributed by atoms with van der Waals surface area (Å²) in [5, 5.41) is 13.8. The van der Waals surface area contributed by atoms with Crippen molar-refractivity contribution in [3.05, 3.63) is 120 Å². The van der Waals surface area contributed by atoms with Crippen molar-refractivity contribution in [1.29, 1.82) is 0 Å². The predicted molar refractivity (Wildman–Crippen MR) is 311 cm³/mol. The van der Waals surface area contributed by atoms with Gasteiger partial charge in [-0.05, 0) is 158 Å². The topological polar surface area (TPSA) is 265 Å².